The summed E-state index contributed by atoms with van der Waals surface area (Å²) in [5, 5.41) is 0. The van der Waals surface area contributed by atoms with Gasteiger partial charge >= 0.3 is 5.97 Å². The fraction of sp³-hybridized carbons (Fsp3) is 0.500. The Morgan fingerprint density at radius 2 is 2.00 bits per heavy atom. The number of ether oxygens (including phenoxy) is 1. The minimum atomic E-state index is -3.91. The highest BCUT2D eigenvalue weighted by atomic mass is 79.9. The molecule has 0 bridgehead atoms. The van der Waals surface area contributed by atoms with Crippen molar-refractivity contribution in [2.24, 2.45) is 5.92 Å². The zero-order chi connectivity index (χ0) is 15.6. The van der Waals surface area contributed by atoms with Crippen LogP contribution in [0, 0.1) is 12.8 Å². The smallest absolute Gasteiger partial charge is 0.338 e. The Labute approximate surface area is 137 Å². The van der Waals surface area contributed by atoms with Gasteiger partial charge in [-0.25, -0.2) is 13.2 Å². The quantitative estimate of drug-likeness (QED) is 0.570. The lowest BCUT2D eigenvalue weighted by atomic mass is 10.1. The summed E-state index contributed by atoms with van der Waals surface area (Å²) in [6, 6.07) is 2.93. The molecule has 1 aromatic rings. The van der Waals surface area contributed by atoms with E-state index >= 15 is 0 Å². The number of hydrogen-bond acceptors (Lipinski definition) is 4. The van der Waals surface area contributed by atoms with Gasteiger partial charge in [0.05, 0.1) is 17.1 Å². The van der Waals surface area contributed by atoms with Gasteiger partial charge in [-0.3, -0.25) is 0 Å². The van der Waals surface area contributed by atoms with E-state index in [0.717, 1.165) is 12.8 Å². The van der Waals surface area contributed by atoms with Gasteiger partial charge in [-0.2, -0.15) is 0 Å². The molecule has 0 spiro atoms. The van der Waals surface area contributed by atoms with Crippen molar-refractivity contribution in [1.29, 1.82) is 0 Å². The molecule has 0 N–H and O–H groups in total. The first-order valence-electron chi connectivity index (χ1n) is 6.71. The third kappa shape index (κ3) is 4.20. The van der Waals surface area contributed by atoms with Gasteiger partial charge in [-0.1, -0.05) is 28.8 Å². The van der Waals surface area contributed by atoms with Crippen molar-refractivity contribution >= 4 is 41.6 Å². The van der Waals surface area contributed by atoms with E-state index in [0.29, 0.717) is 22.6 Å². The number of halogens is 2. The van der Waals surface area contributed by atoms with Crippen LogP contribution in [0.1, 0.15) is 41.6 Å². The second kappa shape index (κ2) is 6.67. The SMILES string of the molecule is Cc1c(C(=O)OCC2CCCC2)cc(Br)cc1S(=O)(=O)Cl. The highest BCUT2D eigenvalue weighted by Gasteiger charge is 2.23. The first-order valence-corrected chi connectivity index (χ1v) is 9.81. The molecule has 0 unspecified atom stereocenters. The van der Waals surface area contributed by atoms with Crippen LogP contribution in [0.25, 0.3) is 0 Å². The lowest BCUT2D eigenvalue weighted by Crippen LogP contribution is -2.14. The summed E-state index contributed by atoms with van der Waals surface area (Å²) in [5.74, 6) is -0.0973. The minimum absolute atomic E-state index is 0.0774. The summed E-state index contributed by atoms with van der Waals surface area (Å²) < 4.78 is 28.9. The van der Waals surface area contributed by atoms with Crippen molar-refractivity contribution < 1.29 is 17.9 Å². The van der Waals surface area contributed by atoms with E-state index in [1.807, 2.05) is 0 Å². The summed E-state index contributed by atoms with van der Waals surface area (Å²) in [5.41, 5.74) is 0.534. The van der Waals surface area contributed by atoms with Crippen LogP contribution in [0.5, 0.6) is 0 Å². The van der Waals surface area contributed by atoms with Gasteiger partial charge in [-0.05, 0) is 43.4 Å². The first-order chi connectivity index (χ1) is 9.79. The third-order valence-corrected chi connectivity index (χ3v) is 5.64. The van der Waals surface area contributed by atoms with Crippen molar-refractivity contribution in [3.63, 3.8) is 0 Å². The molecular weight excluding hydrogens is 380 g/mol. The summed E-state index contributed by atoms with van der Waals surface area (Å²) in [6.07, 6.45) is 4.50. The average molecular weight is 396 g/mol. The van der Waals surface area contributed by atoms with Gasteiger partial charge in [0.15, 0.2) is 0 Å². The van der Waals surface area contributed by atoms with Crippen molar-refractivity contribution in [1.82, 2.24) is 0 Å². The monoisotopic (exact) mass is 394 g/mol. The van der Waals surface area contributed by atoms with E-state index in [1.165, 1.54) is 18.9 Å². The first kappa shape index (κ1) is 16.8. The molecule has 4 nitrogen and oxygen atoms in total. The van der Waals surface area contributed by atoms with Gasteiger partial charge in [0.25, 0.3) is 9.05 Å². The van der Waals surface area contributed by atoms with E-state index in [4.69, 9.17) is 15.4 Å². The predicted molar refractivity (Wildman–Crippen MR) is 84.2 cm³/mol. The summed E-state index contributed by atoms with van der Waals surface area (Å²) in [4.78, 5) is 12.1. The average Bonchev–Trinajstić information content (AvgIpc) is 2.90. The van der Waals surface area contributed by atoms with Crippen LogP contribution in [0.3, 0.4) is 0 Å². The lowest BCUT2D eigenvalue weighted by molar-refractivity contribution is 0.0441. The van der Waals surface area contributed by atoms with E-state index in [-0.39, 0.29) is 10.5 Å². The number of benzene rings is 1. The molecule has 21 heavy (non-hydrogen) atoms. The zero-order valence-corrected chi connectivity index (χ0v) is 14.7. The van der Waals surface area contributed by atoms with Gasteiger partial charge in [0.2, 0.25) is 0 Å². The van der Waals surface area contributed by atoms with Crippen molar-refractivity contribution in [2.75, 3.05) is 6.61 Å². The van der Waals surface area contributed by atoms with E-state index in [2.05, 4.69) is 15.9 Å². The Bertz CT molecular complexity index is 651. The summed E-state index contributed by atoms with van der Waals surface area (Å²) in [7, 11) is 1.48. The summed E-state index contributed by atoms with van der Waals surface area (Å²) in [6.45, 7) is 1.93. The van der Waals surface area contributed by atoms with Gasteiger partial charge in [0.1, 0.15) is 0 Å². The maximum atomic E-state index is 12.2. The molecule has 0 amide bonds. The Morgan fingerprint density at radius 1 is 1.38 bits per heavy atom. The van der Waals surface area contributed by atoms with E-state index in [9.17, 15) is 13.2 Å². The molecule has 1 aliphatic rings. The normalized spacial score (nSPS) is 16.1. The Kier molecular flexibility index (Phi) is 5.33. The second-order valence-corrected chi connectivity index (χ2v) is 8.71. The third-order valence-electron chi connectivity index (χ3n) is 3.73. The molecule has 116 valence electrons. The molecule has 2 rings (SSSR count). The number of carbonyl (C=O) groups excluding carboxylic acids is 1. The van der Waals surface area contributed by atoms with E-state index < -0.39 is 15.0 Å². The molecule has 0 radical (unpaired) electrons. The van der Waals surface area contributed by atoms with Crippen LogP contribution in [-0.4, -0.2) is 21.0 Å². The standard InChI is InChI=1S/C14H16BrClO4S/c1-9-12(6-11(15)7-13(9)21(16,18)19)14(17)20-8-10-4-2-3-5-10/h6-7,10H,2-5,8H2,1H3. The minimum Gasteiger partial charge on any atom is -0.462 e. The maximum absolute atomic E-state index is 12.2. The molecule has 1 aromatic carbocycles. The fourth-order valence-corrected chi connectivity index (χ4v) is 4.40. The highest BCUT2D eigenvalue weighted by molar-refractivity contribution is 9.10. The molecule has 0 aromatic heterocycles. The highest BCUT2D eigenvalue weighted by Crippen LogP contribution is 2.29. The van der Waals surface area contributed by atoms with Gasteiger partial charge < -0.3 is 4.74 Å². The van der Waals surface area contributed by atoms with Crippen LogP contribution in [0.2, 0.25) is 0 Å². The molecule has 1 saturated carbocycles. The van der Waals surface area contributed by atoms with Crippen LogP contribution >= 0.6 is 26.6 Å². The molecule has 0 aliphatic heterocycles. The Morgan fingerprint density at radius 3 is 2.57 bits per heavy atom. The Balaban J connectivity index is 2.22. The Hall–Kier alpha value is -0.590. The summed E-state index contributed by atoms with van der Waals surface area (Å²) >= 11 is 3.19. The van der Waals surface area contributed by atoms with Crippen LogP contribution in [0.4, 0.5) is 0 Å². The van der Waals surface area contributed by atoms with Crippen molar-refractivity contribution in [2.45, 2.75) is 37.5 Å². The molecule has 0 saturated heterocycles. The van der Waals surface area contributed by atoms with Crippen LogP contribution in [-0.2, 0) is 13.8 Å². The molecular formula is C14H16BrClO4S. The molecule has 1 fully saturated rings. The van der Waals surface area contributed by atoms with Crippen LogP contribution < -0.4 is 0 Å². The van der Waals surface area contributed by atoms with E-state index in [1.54, 1.807) is 13.0 Å². The zero-order valence-electron chi connectivity index (χ0n) is 11.6. The van der Waals surface area contributed by atoms with Gasteiger partial charge in [-0.15, -0.1) is 0 Å². The lowest BCUT2D eigenvalue weighted by Gasteiger charge is -2.13. The predicted octanol–water partition coefficient (Wildman–Crippen LogP) is 4.03. The fourth-order valence-electron chi connectivity index (χ4n) is 2.57. The maximum Gasteiger partial charge on any atom is 0.338 e. The molecule has 0 atom stereocenters. The topological polar surface area (TPSA) is 60.4 Å². The number of carbonyl (C=O) groups is 1. The molecule has 7 heteroatoms. The van der Waals surface area contributed by atoms with Crippen LogP contribution in [0.15, 0.2) is 21.5 Å². The number of esters is 1. The largest absolute Gasteiger partial charge is 0.462 e. The molecule has 1 aliphatic carbocycles. The van der Waals surface area contributed by atoms with Crippen molar-refractivity contribution in [3.8, 4) is 0 Å². The molecule has 0 heterocycles. The van der Waals surface area contributed by atoms with Gasteiger partial charge in [0, 0.05) is 15.2 Å². The van der Waals surface area contributed by atoms with Crippen molar-refractivity contribution in [3.05, 3.63) is 27.7 Å². The number of hydrogen-bond donors (Lipinski definition) is 0. The second-order valence-electron chi connectivity index (χ2n) is 5.26. The number of rotatable bonds is 4.